The average Bonchev–Trinajstić information content (AvgIpc) is 3.08. The van der Waals surface area contributed by atoms with Gasteiger partial charge in [0.05, 0.1) is 0 Å². The molecule has 0 bridgehead atoms. The molecule has 1 aromatic carbocycles. The zero-order valence-electron chi connectivity index (χ0n) is 12.5. The number of carbonyl (C=O) groups is 2. The Morgan fingerprint density at radius 2 is 2.04 bits per heavy atom. The maximum atomic E-state index is 13.0. The summed E-state index contributed by atoms with van der Waals surface area (Å²) < 4.78 is 0. The van der Waals surface area contributed by atoms with Crippen molar-refractivity contribution in [1.82, 2.24) is 14.9 Å². The molecule has 120 valence electrons. The molecule has 1 aliphatic heterocycles. The first-order chi connectivity index (χ1) is 11.7. The second-order valence-corrected chi connectivity index (χ2v) is 6.44. The number of aliphatic carboxylic acids is 1. The smallest absolute Gasteiger partial charge is 0.331 e. The number of carboxylic acids is 1. The van der Waals surface area contributed by atoms with Crippen molar-refractivity contribution in [1.29, 1.82) is 0 Å². The largest absolute Gasteiger partial charge is 0.479 e. The van der Waals surface area contributed by atoms with Gasteiger partial charge in [-0.15, -0.1) is 11.3 Å². The number of fused-ring (bicyclic) bond motifs is 2. The fourth-order valence-corrected chi connectivity index (χ4v) is 3.88. The summed E-state index contributed by atoms with van der Waals surface area (Å²) in [6.45, 7) is 0.350. The number of rotatable bonds is 2. The summed E-state index contributed by atoms with van der Waals surface area (Å²) in [6.07, 6.45) is 1.98. The van der Waals surface area contributed by atoms with Crippen LogP contribution in [0, 0.1) is 0 Å². The van der Waals surface area contributed by atoms with Crippen molar-refractivity contribution in [3.05, 3.63) is 58.9 Å². The van der Waals surface area contributed by atoms with E-state index in [1.807, 2.05) is 17.5 Å². The molecular weight excluding hydrogens is 326 g/mol. The topological polar surface area (TPSA) is 83.4 Å². The number of amides is 1. The van der Waals surface area contributed by atoms with Gasteiger partial charge >= 0.3 is 5.97 Å². The molecule has 1 N–H and O–H groups in total. The number of benzene rings is 1. The molecule has 0 saturated heterocycles. The number of hydrogen-bond donors (Lipinski definition) is 1. The lowest BCUT2D eigenvalue weighted by Gasteiger charge is -2.34. The lowest BCUT2D eigenvalue weighted by atomic mass is 9.92. The molecule has 1 amide bonds. The fourth-order valence-electron chi connectivity index (χ4n) is 3.15. The zero-order valence-corrected chi connectivity index (χ0v) is 13.4. The van der Waals surface area contributed by atoms with Crippen molar-refractivity contribution in [3.8, 4) is 0 Å². The first-order valence-corrected chi connectivity index (χ1v) is 8.34. The van der Waals surface area contributed by atoms with Gasteiger partial charge in [-0.3, -0.25) is 4.79 Å². The third-order valence-electron chi connectivity index (χ3n) is 4.24. The number of thiophene rings is 1. The Morgan fingerprint density at radius 1 is 1.21 bits per heavy atom. The summed E-state index contributed by atoms with van der Waals surface area (Å²) in [4.78, 5) is 35.2. The summed E-state index contributed by atoms with van der Waals surface area (Å²) in [5.41, 5.74) is 1.89. The molecule has 1 aliphatic rings. The molecule has 0 radical (unpaired) electrons. The van der Waals surface area contributed by atoms with Gasteiger partial charge in [-0.25, -0.2) is 14.8 Å². The summed E-state index contributed by atoms with van der Waals surface area (Å²) in [6, 6.07) is 8.16. The van der Waals surface area contributed by atoms with E-state index >= 15 is 0 Å². The zero-order chi connectivity index (χ0) is 16.7. The molecule has 7 heteroatoms. The number of hydrogen-bond acceptors (Lipinski definition) is 5. The first kappa shape index (κ1) is 14.8. The highest BCUT2D eigenvalue weighted by Gasteiger charge is 2.37. The minimum atomic E-state index is -1.04. The highest BCUT2D eigenvalue weighted by Crippen LogP contribution is 2.32. The number of carboxylic acid groups (broad SMARTS) is 1. The second-order valence-electron chi connectivity index (χ2n) is 5.55. The van der Waals surface area contributed by atoms with Crippen LogP contribution in [0.4, 0.5) is 0 Å². The van der Waals surface area contributed by atoms with Crippen molar-refractivity contribution < 1.29 is 14.7 Å². The Hall–Kier alpha value is -2.80. The molecule has 3 aromatic rings. The highest BCUT2D eigenvalue weighted by molar-refractivity contribution is 7.16. The lowest BCUT2D eigenvalue weighted by Crippen LogP contribution is -2.43. The quantitative estimate of drug-likeness (QED) is 0.775. The van der Waals surface area contributed by atoms with Crippen LogP contribution in [0.5, 0.6) is 0 Å². The second kappa shape index (κ2) is 5.68. The average molecular weight is 339 g/mol. The van der Waals surface area contributed by atoms with Gasteiger partial charge < -0.3 is 10.0 Å². The maximum absolute atomic E-state index is 13.0. The first-order valence-electron chi connectivity index (χ1n) is 7.46. The van der Waals surface area contributed by atoms with Gasteiger partial charge in [0.15, 0.2) is 6.04 Å². The van der Waals surface area contributed by atoms with Gasteiger partial charge in [-0.2, -0.15) is 0 Å². The Bertz CT molecular complexity index is 953. The molecule has 0 spiro atoms. The SMILES string of the molecule is O=C(O)C1c2ccccc2CCN1C(=O)c1ncnc2sccc12. The van der Waals surface area contributed by atoms with E-state index < -0.39 is 12.0 Å². The van der Waals surface area contributed by atoms with Gasteiger partial charge in [-0.05, 0) is 29.0 Å². The van der Waals surface area contributed by atoms with E-state index in [1.165, 1.54) is 22.6 Å². The van der Waals surface area contributed by atoms with Gasteiger partial charge in [0.1, 0.15) is 16.9 Å². The van der Waals surface area contributed by atoms with Crippen LogP contribution in [0.2, 0.25) is 0 Å². The molecule has 24 heavy (non-hydrogen) atoms. The van der Waals surface area contributed by atoms with Crippen LogP contribution >= 0.6 is 11.3 Å². The fraction of sp³-hybridized carbons (Fsp3) is 0.176. The maximum Gasteiger partial charge on any atom is 0.331 e. The van der Waals surface area contributed by atoms with E-state index in [1.54, 1.807) is 18.2 Å². The van der Waals surface area contributed by atoms with Crippen molar-refractivity contribution in [3.63, 3.8) is 0 Å². The molecule has 0 fully saturated rings. The van der Waals surface area contributed by atoms with Crippen molar-refractivity contribution in [2.24, 2.45) is 0 Å². The summed E-state index contributed by atoms with van der Waals surface area (Å²) in [7, 11) is 0. The Morgan fingerprint density at radius 3 is 2.88 bits per heavy atom. The van der Waals surface area contributed by atoms with Crippen molar-refractivity contribution in [2.45, 2.75) is 12.5 Å². The standard InChI is InChI=1S/C17H13N3O3S/c21-16(13-12-6-8-24-15(12)19-9-18-13)20-7-5-10-3-1-2-4-11(10)14(20)17(22)23/h1-4,6,8-9,14H,5,7H2,(H,22,23). The van der Waals surface area contributed by atoms with Crippen LogP contribution < -0.4 is 0 Å². The molecule has 3 heterocycles. The van der Waals surface area contributed by atoms with E-state index in [-0.39, 0.29) is 11.6 Å². The third-order valence-corrected chi connectivity index (χ3v) is 5.06. The van der Waals surface area contributed by atoms with Crippen molar-refractivity contribution in [2.75, 3.05) is 6.54 Å². The molecule has 0 aliphatic carbocycles. The van der Waals surface area contributed by atoms with E-state index in [0.717, 1.165) is 10.4 Å². The van der Waals surface area contributed by atoms with E-state index in [2.05, 4.69) is 9.97 Å². The molecule has 1 atom stereocenters. The minimum absolute atomic E-state index is 0.256. The summed E-state index contributed by atoms with van der Waals surface area (Å²) >= 11 is 1.42. The molecule has 0 saturated carbocycles. The van der Waals surface area contributed by atoms with Crippen LogP contribution in [0.3, 0.4) is 0 Å². The molecular formula is C17H13N3O3S. The van der Waals surface area contributed by atoms with Gasteiger partial charge in [0, 0.05) is 11.9 Å². The minimum Gasteiger partial charge on any atom is -0.479 e. The monoisotopic (exact) mass is 339 g/mol. The van der Waals surface area contributed by atoms with Crippen LogP contribution in [-0.2, 0) is 11.2 Å². The highest BCUT2D eigenvalue weighted by atomic mass is 32.1. The summed E-state index contributed by atoms with van der Waals surface area (Å²) in [5, 5.41) is 12.2. The molecule has 1 unspecified atom stereocenters. The Kier molecular flexibility index (Phi) is 3.50. The van der Waals surface area contributed by atoms with E-state index in [4.69, 9.17) is 0 Å². The van der Waals surface area contributed by atoms with Crippen LogP contribution in [0.25, 0.3) is 10.2 Å². The number of aromatic nitrogens is 2. The van der Waals surface area contributed by atoms with Gasteiger partial charge in [0.25, 0.3) is 5.91 Å². The third kappa shape index (κ3) is 2.25. The predicted molar refractivity (Wildman–Crippen MR) is 89.0 cm³/mol. The van der Waals surface area contributed by atoms with E-state index in [9.17, 15) is 14.7 Å². The Labute approximate surface area is 141 Å². The van der Waals surface area contributed by atoms with Crippen LogP contribution in [0.1, 0.15) is 27.7 Å². The number of carbonyl (C=O) groups excluding carboxylic acids is 1. The van der Waals surface area contributed by atoms with E-state index in [0.29, 0.717) is 23.9 Å². The van der Waals surface area contributed by atoms with Gasteiger partial charge in [-0.1, -0.05) is 24.3 Å². The van der Waals surface area contributed by atoms with Gasteiger partial charge in [0.2, 0.25) is 0 Å². The van der Waals surface area contributed by atoms with Crippen LogP contribution in [-0.4, -0.2) is 38.4 Å². The number of nitrogens with zero attached hydrogens (tertiary/aromatic N) is 3. The molecule has 2 aromatic heterocycles. The Balaban J connectivity index is 1.79. The molecule has 6 nitrogen and oxygen atoms in total. The van der Waals surface area contributed by atoms with Crippen molar-refractivity contribution >= 4 is 33.4 Å². The van der Waals surface area contributed by atoms with Crippen LogP contribution in [0.15, 0.2) is 42.0 Å². The molecule has 4 rings (SSSR count). The normalized spacial score (nSPS) is 16.8. The predicted octanol–water partition coefficient (Wildman–Crippen LogP) is 2.52. The lowest BCUT2D eigenvalue weighted by molar-refractivity contribution is -0.143. The summed E-state index contributed by atoms with van der Waals surface area (Å²) in [5.74, 6) is -1.41.